The molecule has 2 aliphatic heterocycles. The van der Waals surface area contributed by atoms with Gasteiger partial charge in [-0.2, -0.15) is 5.43 Å². The normalized spacial score (nSPS) is 19.7. The molecular formula is C16H12ClN5. The standard InChI is InChI=1S/C16H12ClN5/c17-14-8-12(6-7-18-14)15-20-16-19-9-13(10-22(16)21-15)11-4-2-1-3-5-11/h1-10,15,21H. The fourth-order valence-corrected chi connectivity index (χ4v) is 2.58. The van der Waals surface area contributed by atoms with Crippen molar-refractivity contribution in [3.05, 3.63) is 71.1 Å². The minimum absolute atomic E-state index is 0.209. The van der Waals surface area contributed by atoms with E-state index in [0.717, 1.165) is 16.7 Å². The van der Waals surface area contributed by atoms with Crippen LogP contribution < -0.4 is 5.43 Å². The fourth-order valence-electron chi connectivity index (χ4n) is 2.40. The van der Waals surface area contributed by atoms with Gasteiger partial charge in [0.1, 0.15) is 11.3 Å². The predicted octanol–water partition coefficient (Wildman–Crippen LogP) is 3.04. The van der Waals surface area contributed by atoms with Crippen LogP contribution in [0.3, 0.4) is 0 Å². The van der Waals surface area contributed by atoms with Crippen LogP contribution in [0.1, 0.15) is 17.3 Å². The second kappa shape index (κ2) is 5.36. The molecule has 22 heavy (non-hydrogen) atoms. The van der Waals surface area contributed by atoms with Crippen LogP contribution in [0, 0.1) is 0 Å². The van der Waals surface area contributed by atoms with E-state index in [1.54, 1.807) is 12.3 Å². The van der Waals surface area contributed by atoms with Crippen LogP contribution in [0.15, 0.2) is 64.8 Å². The zero-order chi connectivity index (χ0) is 14.9. The quantitative estimate of drug-likeness (QED) is 0.868. The first-order valence-corrected chi connectivity index (χ1v) is 7.23. The molecule has 0 radical (unpaired) electrons. The minimum atomic E-state index is -0.209. The van der Waals surface area contributed by atoms with Crippen molar-refractivity contribution < 1.29 is 0 Å². The van der Waals surface area contributed by atoms with E-state index in [2.05, 4.69) is 32.5 Å². The number of aliphatic imine (C=N–C) groups is 2. The Kier molecular flexibility index (Phi) is 3.21. The van der Waals surface area contributed by atoms with E-state index < -0.39 is 0 Å². The number of allylic oxidation sites excluding steroid dienone is 1. The molecule has 2 aliphatic rings. The van der Waals surface area contributed by atoms with Gasteiger partial charge in [-0.15, -0.1) is 0 Å². The third-order valence-electron chi connectivity index (χ3n) is 3.48. The molecule has 3 heterocycles. The Morgan fingerprint density at radius 1 is 1.14 bits per heavy atom. The summed E-state index contributed by atoms with van der Waals surface area (Å²) in [4.78, 5) is 13.0. The van der Waals surface area contributed by atoms with Crippen molar-refractivity contribution in [3.63, 3.8) is 0 Å². The van der Waals surface area contributed by atoms with Crippen molar-refractivity contribution in [1.82, 2.24) is 15.4 Å². The molecule has 108 valence electrons. The summed E-state index contributed by atoms with van der Waals surface area (Å²) in [7, 11) is 0. The van der Waals surface area contributed by atoms with Gasteiger partial charge >= 0.3 is 0 Å². The third-order valence-corrected chi connectivity index (χ3v) is 3.69. The summed E-state index contributed by atoms with van der Waals surface area (Å²) in [5.41, 5.74) is 6.38. The van der Waals surface area contributed by atoms with Crippen molar-refractivity contribution in [2.75, 3.05) is 0 Å². The second-order valence-electron chi connectivity index (χ2n) is 4.95. The molecule has 0 spiro atoms. The zero-order valence-corrected chi connectivity index (χ0v) is 12.3. The van der Waals surface area contributed by atoms with Gasteiger partial charge in [-0.3, -0.25) is 0 Å². The van der Waals surface area contributed by atoms with Crippen LogP contribution in [-0.4, -0.2) is 22.2 Å². The highest BCUT2D eigenvalue weighted by Crippen LogP contribution is 2.25. The molecule has 2 aromatic rings. The molecule has 5 nitrogen and oxygen atoms in total. The van der Waals surface area contributed by atoms with Crippen LogP contribution in [-0.2, 0) is 0 Å². The van der Waals surface area contributed by atoms with E-state index in [0.29, 0.717) is 11.1 Å². The largest absolute Gasteiger partial charge is 0.248 e. The SMILES string of the molecule is Clc1cc(C2N=C3N=CC(c4ccccc4)=CN3N2)ccn1. The van der Waals surface area contributed by atoms with Gasteiger partial charge in [-0.05, 0) is 23.3 Å². The summed E-state index contributed by atoms with van der Waals surface area (Å²) in [6.07, 6.45) is 5.28. The molecule has 0 amide bonds. The molecule has 0 saturated heterocycles. The zero-order valence-electron chi connectivity index (χ0n) is 11.5. The predicted molar refractivity (Wildman–Crippen MR) is 87.3 cm³/mol. The van der Waals surface area contributed by atoms with Crippen LogP contribution >= 0.6 is 11.6 Å². The van der Waals surface area contributed by atoms with Gasteiger partial charge in [0.05, 0.1) is 0 Å². The molecule has 4 rings (SSSR count). The minimum Gasteiger partial charge on any atom is -0.248 e. The molecule has 0 fully saturated rings. The van der Waals surface area contributed by atoms with Gasteiger partial charge in [-0.1, -0.05) is 41.9 Å². The van der Waals surface area contributed by atoms with Crippen molar-refractivity contribution in [2.24, 2.45) is 9.98 Å². The first-order chi connectivity index (χ1) is 10.8. The number of pyridine rings is 1. The Morgan fingerprint density at radius 2 is 2.00 bits per heavy atom. The second-order valence-corrected chi connectivity index (χ2v) is 5.34. The van der Waals surface area contributed by atoms with E-state index in [1.165, 1.54) is 0 Å². The molecule has 6 heteroatoms. The number of fused-ring (bicyclic) bond motifs is 1. The molecule has 0 saturated carbocycles. The molecule has 1 N–H and O–H groups in total. The van der Waals surface area contributed by atoms with E-state index in [4.69, 9.17) is 11.6 Å². The Hall–Kier alpha value is -2.50. The van der Waals surface area contributed by atoms with Gasteiger partial charge in [0.15, 0.2) is 0 Å². The number of hydrogen-bond acceptors (Lipinski definition) is 5. The summed E-state index contributed by atoms with van der Waals surface area (Å²) in [6.45, 7) is 0. The lowest BCUT2D eigenvalue weighted by atomic mass is 10.1. The number of hydrogen-bond donors (Lipinski definition) is 1. The van der Waals surface area contributed by atoms with Gasteiger partial charge in [0.2, 0.25) is 5.96 Å². The number of benzene rings is 1. The number of nitrogens with zero attached hydrogens (tertiary/aromatic N) is 4. The average Bonchev–Trinajstić information content (AvgIpc) is 2.99. The number of halogens is 1. The van der Waals surface area contributed by atoms with Crippen molar-refractivity contribution in [1.29, 1.82) is 0 Å². The van der Waals surface area contributed by atoms with Crippen LogP contribution in [0.25, 0.3) is 5.57 Å². The molecule has 0 aliphatic carbocycles. The van der Waals surface area contributed by atoms with E-state index >= 15 is 0 Å². The van der Waals surface area contributed by atoms with Crippen molar-refractivity contribution in [2.45, 2.75) is 6.17 Å². The van der Waals surface area contributed by atoms with Gasteiger partial charge in [0.25, 0.3) is 0 Å². The van der Waals surface area contributed by atoms with E-state index in [1.807, 2.05) is 41.7 Å². The van der Waals surface area contributed by atoms with Crippen molar-refractivity contribution >= 4 is 29.3 Å². The number of guanidine groups is 1. The van der Waals surface area contributed by atoms with Crippen molar-refractivity contribution in [3.8, 4) is 0 Å². The smallest absolute Gasteiger partial charge is 0.241 e. The highest BCUT2D eigenvalue weighted by atomic mass is 35.5. The molecular weight excluding hydrogens is 298 g/mol. The number of aromatic nitrogens is 1. The van der Waals surface area contributed by atoms with Crippen LogP contribution in [0.2, 0.25) is 5.15 Å². The average molecular weight is 310 g/mol. The molecule has 1 atom stereocenters. The highest BCUT2D eigenvalue weighted by Gasteiger charge is 2.26. The Labute approximate surface area is 132 Å². The van der Waals surface area contributed by atoms with Gasteiger partial charge in [-0.25, -0.2) is 20.0 Å². The Morgan fingerprint density at radius 3 is 2.82 bits per heavy atom. The van der Waals surface area contributed by atoms with Gasteiger partial charge in [0, 0.05) is 24.2 Å². The summed E-state index contributed by atoms with van der Waals surface area (Å²) in [5, 5.41) is 2.29. The number of hydrazine groups is 1. The lowest BCUT2D eigenvalue weighted by Gasteiger charge is -2.19. The van der Waals surface area contributed by atoms with E-state index in [-0.39, 0.29) is 6.17 Å². The highest BCUT2D eigenvalue weighted by molar-refractivity contribution is 6.29. The third kappa shape index (κ3) is 2.41. The lowest BCUT2D eigenvalue weighted by Crippen LogP contribution is -2.34. The summed E-state index contributed by atoms with van der Waals surface area (Å²) in [5.74, 6) is 0.637. The fraction of sp³-hybridized carbons (Fsp3) is 0.0625. The summed E-state index contributed by atoms with van der Waals surface area (Å²) >= 11 is 5.94. The first kappa shape index (κ1) is 13.2. The molecule has 1 unspecified atom stereocenters. The maximum Gasteiger partial charge on any atom is 0.241 e. The number of rotatable bonds is 2. The van der Waals surface area contributed by atoms with Crippen LogP contribution in [0.4, 0.5) is 0 Å². The first-order valence-electron chi connectivity index (χ1n) is 6.85. The van der Waals surface area contributed by atoms with E-state index in [9.17, 15) is 0 Å². The van der Waals surface area contributed by atoms with Crippen LogP contribution in [0.5, 0.6) is 0 Å². The lowest BCUT2D eigenvalue weighted by molar-refractivity contribution is 0.385. The molecule has 1 aromatic heterocycles. The Balaban J connectivity index is 1.61. The summed E-state index contributed by atoms with van der Waals surface area (Å²) in [6, 6.07) is 13.8. The Bertz CT molecular complexity index is 797. The maximum absolute atomic E-state index is 5.94. The topological polar surface area (TPSA) is 52.9 Å². The molecule has 1 aromatic carbocycles. The number of nitrogens with one attached hydrogen (secondary N) is 1. The maximum atomic E-state index is 5.94. The van der Waals surface area contributed by atoms with Gasteiger partial charge < -0.3 is 0 Å². The molecule has 0 bridgehead atoms. The monoisotopic (exact) mass is 309 g/mol. The summed E-state index contributed by atoms with van der Waals surface area (Å²) < 4.78 is 0.